The van der Waals surface area contributed by atoms with Gasteiger partial charge in [0, 0.05) is 31.1 Å². The Bertz CT molecular complexity index is 329. The second-order valence-electron chi connectivity index (χ2n) is 4.57. The summed E-state index contributed by atoms with van der Waals surface area (Å²) in [6, 6.07) is 0.615. The zero-order chi connectivity index (χ0) is 11.4. The molecule has 98 valence electrons. The molecule has 0 unspecified atom stereocenters. The monoisotopic (exact) mass is 275 g/mol. The molecule has 2 heterocycles. The standard InChI is InChI=1S/C12H21N3S.ClH/c1-3-4-11-9-16-12(14-11)8-15-6-5-13-10(2)7-15;/h9-10,13H,3-8H2,1-2H3;1H/t10-;/m0./s1. The van der Waals surface area contributed by atoms with E-state index >= 15 is 0 Å². The van der Waals surface area contributed by atoms with Crippen molar-refractivity contribution in [3.8, 4) is 0 Å². The van der Waals surface area contributed by atoms with Crippen LogP contribution in [0.1, 0.15) is 31.0 Å². The predicted molar refractivity (Wildman–Crippen MR) is 76.1 cm³/mol. The normalized spacial score (nSPS) is 21.2. The molecule has 1 N–H and O–H groups in total. The summed E-state index contributed by atoms with van der Waals surface area (Å²) in [5.41, 5.74) is 1.27. The highest BCUT2D eigenvalue weighted by Gasteiger charge is 2.16. The fraction of sp³-hybridized carbons (Fsp3) is 0.750. The van der Waals surface area contributed by atoms with Gasteiger partial charge in [0.1, 0.15) is 5.01 Å². The van der Waals surface area contributed by atoms with Gasteiger partial charge in [-0.25, -0.2) is 4.98 Å². The smallest absolute Gasteiger partial charge is 0.107 e. The first-order valence-electron chi connectivity index (χ1n) is 6.17. The Labute approximate surface area is 114 Å². The Morgan fingerprint density at radius 3 is 3.12 bits per heavy atom. The minimum Gasteiger partial charge on any atom is -0.312 e. The molecule has 1 aliphatic rings. The van der Waals surface area contributed by atoms with Crippen molar-refractivity contribution in [1.29, 1.82) is 0 Å². The largest absolute Gasteiger partial charge is 0.312 e. The zero-order valence-electron chi connectivity index (χ0n) is 10.6. The molecule has 1 fully saturated rings. The van der Waals surface area contributed by atoms with Gasteiger partial charge in [-0.3, -0.25) is 4.90 Å². The van der Waals surface area contributed by atoms with E-state index in [-0.39, 0.29) is 12.4 Å². The van der Waals surface area contributed by atoms with Gasteiger partial charge in [-0.1, -0.05) is 13.3 Å². The van der Waals surface area contributed by atoms with Crippen molar-refractivity contribution < 1.29 is 0 Å². The summed E-state index contributed by atoms with van der Waals surface area (Å²) >= 11 is 1.81. The van der Waals surface area contributed by atoms with E-state index in [0.29, 0.717) is 6.04 Å². The molecule has 0 radical (unpaired) electrons. The van der Waals surface area contributed by atoms with Gasteiger partial charge in [-0.2, -0.15) is 0 Å². The van der Waals surface area contributed by atoms with Crippen LogP contribution in [0.3, 0.4) is 0 Å². The van der Waals surface area contributed by atoms with Crippen molar-refractivity contribution in [2.45, 2.75) is 39.3 Å². The lowest BCUT2D eigenvalue weighted by molar-refractivity contribution is 0.199. The van der Waals surface area contributed by atoms with Crippen LogP contribution in [0.2, 0.25) is 0 Å². The molecular formula is C12H22ClN3S. The van der Waals surface area contributed by atoms with Gasteiger partial charge in [-0.05, 0) is 13.3 Å². The molecule has 1 atom stereocenters. The van der Waals surface area contributed by atoms with Gasteiger partial charge in [0.05, 0.1) is 12.2 Å². The molecule has 0 saturated carbocycles. The maximum Gasteiger partial charge on any atom is 0.107 e. The zero-order valence-corrected chi connectivity index (χ0v) is 12.2. The number of hydrogen-bond acceptors (Lipinski definition) is 4. The van der Waals surface area contributed by atoms with Gasteiger partial charge in [0.15, 0.2) is 0 Å². The second-order valence-corrected chi connectivity index (χ2v) is 5.52. The van der Waals surface area contributed by atoms with Crippen molar-refractivity contribution in [1.82, 2.24) is 15.2 Å². The van der Waals surface area contributed by atoms with Crippen LogP contribution in [0, 0.1) is 0 Å². The maximum absolute atomic E-state index is 4.68. The number of halogens is 1. The highest BCUT2D eigenvalue weighted by atomic mass is 35.5. The first-order chi connectivity index (χ1) is 7.78. The maximum atomic E-state index is 4.68. The third kappa shape index (κ3) is 4.54. The first-order valence-corrected chi connectivity index (χ1v) is 7.05. The molecular weight excluding hydrogens is 254 g/mol. The second kappa shape index (κ2) is 7.31. The Morgan fingerprint density at radius 2 is 2.41 bits per heavy atom. The van der Waals surface area contributed by atoms with Gasteiger partial charge in [-0.15, -0.1) is 23.7 Å². The molecule has 0 spiro atoms. The van der Waals surface area contributed by atoms with Gasteiger partial charge in [0.25, 0.3) is 0 Å². The van der Waals surface area contributed by atoms with Crippen molar-refractivity contribution in [2.75, 3.05) is 19.6 Å². The summed E-state index contributed by atoms with van der Waals surface area (Å²) in [4.78, 5) is 7.17. The van der Waals surface area contributed by atoms with Crippen molar-refractivity contribution in [3.63, 3.8) is 0 Å². The Morgan fingerprint density at radius 1 is 1.59 bits per heavy atom. The van der Waals surface area contributed by atoms with Crippen LogP contribution >= 0.6 is 23.7 Å². The average molecular weight is 276 g/mol. The lowest BCUT2D eigenvalue weighted by Gasteiger charge is -2.31. The quantitative estimate of drug-likeness (QED) is 0.914. The fourth-order valence-electron chi connectivity index (χ4n) is 2.14. The van der Waals surface area contributed by atoms with E-state index in [4.69, 9.17) is 0 Å². The number of rotatable bonds is 4. The molecule has 17 heavy (non-hydrogen) atoms. The average Bonchev–Trinajstić information content (AvgIpc) is 2.66. The summed E-state index contributed by atoms with van der Waals surface area (Å²) in [5, 5.41) is 6.95. The highest BCUT2D eigenvalue weighted by molar-refractivity contribution is 7.09. The van der Waals surface area contributed by atoms with Crippen molar-refractivity contribution in [2.24, 2.45) is 0 Å². The third-order valence-electron chi connectivity index (χ3n) is 2.92. The lowest BCUT2D eigenvalue weighted by Crippen LogP contribution is -2.48. The third-order valence-corrected chi connectivity index (χ3v) is 3.80. The van der Waals surface area contributed by atoms with Crippen LogP contribution in [0.25, 0.3) is 0 Å². The fourth-order valence-corrected chi connectivity index (χ4v) is 3.01. The van der Waals surface area contributed by atoms with Gasteiger partial charge in [0.2, 0.25) is 0 Å². The summed E-state index contributed by atoms with van der Waals surface area (Å²) < 4.78 is 0. The molecule has 1 saturated heterocycles. The summed E-state index contributed by atoms with van der Waals surface area (Å²) in [7, 11) is 0. The lowest BCUT2D eigenvalue weighted by atomic mass is 10.2. The molecule has 0 bridgehead atoms. The van der Waals surface area contributed by atoms with E-state index in [2.05, 4.69) is 34.4 Å². The summed E-state index contributed by atoms with van der Waals surface area (Å²) in [6.07, 6.45) is 2.31. The van der Waals surface area contributed by atoms with E-state index in [1.807, 2.05) is 11.3 Å². The van der Waals surface area contributed by atoms with Crippen molar-refractivity contribution in [3.05, 3.63) is 16.1 Å². The number of aryl methyl sites for hydroxylation is 1. The molecule has 0 amide bonds. The van der Waals surface area contributed by atoms with Crippen LogP contribution in [-0.2, 0) is 13.0 Å². The molecule has 0 aromatic carbocycles. The Kier molecular flexibility index (Phi) is 6.41. The molecule has 0 aliphatic carbocycles. The van der Waals surface area contributed by atoms with Crippen LogP contribution in [0.4, 0.5) is 0 Å². The molecule has 1 aromatic heterocycles. The minimum absolute atomic E-state index is 0. The number of nitrogens with zero attached hydrogens (tertiary/aromatic N) is 2. The van der Waals surface area contributed by atoms with Crippen LogP contribution in [-0.4, -0.2) is 35.6 Å². The minimum atomic E-state index is 0. The van der Waals surface area contributed by atoms with E-state index in [9.17, 15) is 0 Å². The molecule has 3 nitrogen and oxygen atoms in total. The topological polar surface area (TPSA) is 28.2 Å². The highest BCUT2D eigenvalue weighted by Crippen LogP contribution is 2.14. The summed E-state index contributed by atoms with van der Waals surface area (Å²) in [6.45, 7) is 8.87. The Hall–Kier alpha value is -0.160. The number of nitrogens with one attached hydrogen (secondary N) is 1. The number of hydrogen-bond donors (Lipinski definition) is 1. The van der Waals surface area contributed by atoms with Crippen LogP contribution < -0.4 is 5.32 Å². The SMILES string of the molecule is CCCc1csc(CN2CCN[C@@H](C)C2)n1.Cl. The van der Waals surface area contributed by atoms with E-state index in [1.165, 1.54) is 17.1 Å². The summed E-state index contributed by atoms with van der Waals surface area (Å²) in [5.74, 6) is 0. The number of piperazine rings is 1. The van der Waals surface area contributed by atoms with E-state index < -0.39 is 0 Å². The number of thiazole rings is 1. The number of aromatic nitrogens is 1. The Balaban J connectivity index is 0.00000144. The van der Waals surface area contributed by atoms with Crippen molar-refractivity contribution >= 4 is 23.7 Å². The first kappa shape index (κ1) is 14.9. The molecule has 2 rings (SSSR count). The van der Waals surface area contributed by atoms with E-state index in [0.717, 1.165) is 32.6 Å². The molecule has 5 heteroatoms. The van der Waals surface area contributed by atoms with Gasteiger partial charge >= 0.3 is 0 Å². The van der Waals surface area contributed by atoms with Gasteiger partial charge < -0.3 is 5.32 Å². The van der Waals surface area contributed by atoms with E-state index in [1.54, 1.807) is 0 Å². The van der Waals surface area contributed by atoms with Crippen LogP contribution in [0.15, 0.2) is 5.38 Å². The molecule has 1 aromatic rings. The predicted octanol–water partition coefficient (Wildman–Crippen LogP) is 2.31. The van der Waals surface area contributed by atoms with Crippen LogP contribution in [0.5, 0.6) is 0 Å². The molecule has 1 aliphatic heterocycles.